The largest absolute Gasteiger partial charge is 0.494 e. The van der Waals surface area contributed by atoms with Crippen molar-refractivity contribution >= 4 is 11.8 Å². The zero-order chi connectivity index (χ0) is 22.6. The lowest BCUT2D eigenvalue weighted by molar-refractivity contribution is 0.0697. The molecule has 3 N–H and O–H groups in total. The van der Waals surface area contributed by atoms with Crippen LogP contribution in [0.15, 0.2) is 78.9 Å². The monoisotopic (exact) mass is 430 g/mol. The molecule has 5 nitrogen and oxygen atoms in total. The summed E-state index contributed by atoms with van der Waals surface area (Å²) in [6.45, 7) is 1.32. The molecule has 0 aliphatic heterocycles. The lowest BCUT2D eigenvalue weighted by Crippen LogP contribution is -2.25. The second-order valence-electron chi connectivity index (χ2n) is 7.73. The molecular formula is C27H30N2O3. The average molecular weight is 431 g/mol. The number of benzene rings is 3. The van der Waals surface area contributed by atoms with Crippen LogP contribution in [0.25, 0.3) is 0 Å². The van der Waals surface area contributed by atoms with Crippen molar-refractivity contribution in [2.24, 2.45) is 0 Å². The van der Waals surface area contributed by atoms with Crippen LogP contribution in [-0.2, 0) is 12.8 Å². The van der Waals surface area contributed by atoms with Gasteiger partial charge in [-0.3, -0.25) is 5.41 Å². The van der Waals surface area contributed by atoms with Gasteiger partial charge in [-0.2, -0.15) is 0 Å². The van der Waals surface area contributed by atoms with Crippen LogP contribution in [0, 0.1) is 5.41 Å². The number of rotatable bonds is 12. The number of carboxylic acid groups (broad SMARTS) is 1. The second kappa shape index (κ2) is 12.3. The van der Waals surface area contributed by atoms with E-state index in [0.717, 1.165) is 43.6 Å². The Kier molecular flexibility index (Phi) is 8.87. The van der Waals surface area contributed by atoms with Crippen LogP contribution in [0.4, 0.5) is 0 Å². The van der Waals surface area contributed by atoms with Gasteiger partial charge in [0.05, 0.1) is 12.2 Å². The van der Waals surface area contributed by atoms with Crippen molar-refractivity contribution in [2.75, 3.05) is 13.2 Å². The van der Waals surface area contributed by atoms with E-state index in [1.54, 1.807) is 12.1 Å². The third-order valence-corrected chi connectivity index (χ3v) is 5.26. The smallest absolute Gasteiger partial charge is 0.335 e. The summed E-state index contributed by atoms with van der Waals surface area (Å²) in [5.41, 5.74) is 3.29. The summed E-state index contributed by atoms with van der Waals surface area (Å²) in [4.78, 5) is 11.1. The van der Waals surface area contributed by atoms with E-state index >= 15 is 0 Å². The first-order chi connectivity index (χ1) is 15.6. The van der Waals surface area contributed by atoms with Gasteiger partial charge in [-0.1, -0.05) is 54.6 Å². The Hall–Kier alpha value is -3.60. The molecule has 3 rings (SSSR count). The van der Waals surface area contributed by atoms with Gasteiger partial charge in [-0.25, -0.2) is 4.79 Å². The number of hydrogen-bond donors (Lipinski definition) is 3. The van der Waals surface area contributed by atoms with Gasteiger partial charge in [0, 0.05) is 12.1 Å². The number of carboxylic acids is 1. The summed E-state index contributed by atoms with van der Waals surface area (Å²) in [6.07, 6.45) is 5.26. The number of carbonyl (C=O) groups is 1. The summed E-state index contributed by atoms with van der Waals surface area (Å²) in [5.74, 6) is 0.109. The fraction of sp³-hybridized carbons (Fsp3) is 0.259. The molecule has 0 saturated carbocycles. The maximum absolute atomic E-state index is 11.1. The molecule has 5 heteroatoms. The maximum atomic E-state index is 11.1. The van der Waals surface area contributed by atoms with Crippen LogP contribution >= 0.6 is 0 Å². The Bertz CT molecular complexity index is 1000. The first-order valence-corrected chi connectivity index (χ1v) is 11.0. The van der Waals surface area contributed by atoms with Crippen LogP contribution in [-0.4, -0.2) is 30.1 Å². The van der Waals surface area contributed by atoms with Crippen molar-refractivity contribution in [3.63, 3.8) is 0 Å². The highest BCUT2D eigenvalue weighted by atomic mass is 16.5. The van der Waals surface area contributed by atoms with Gasteiger partial charge in [0.2, 0.25) is 0 Å². The zero-order valence-corrected chi connectivity index (χ0v) is 18.2. The summed E-state index contributed by atoms with van der Waals surface area (Å²) in [7, 11) is 0. The van der Waals surface area contributed by atoms with Crippen molar-refractivity contribution < 1.29 is 14.6 Å². The van der Waals surface area contributed by atoms with Crippen molar-refractivity contribution in [2.45, 2.75) is 32.1 Å². The predicted octanol–water partition coefficient (Wildman–Crippen LogP) is 5.33. The molecule has 0 amide bonds. The van der Waals surface area contributed by atoms with Crippen LogP contribution < -0.4 is 10.1 Å². The molecule has 32 heavy (non-hydrogen) atoms. The third-order valence-electron chi connectivity index (χ3n) is 5.26. The van der Waals surface area contributed by atoms with E-state index in [1.807, 2.05) is 30.3 Å². The molecule has 0 atom stereocenters. The second-order valence-corrected chi connectivity index (χ2v) is 7.73. The third kappa shape index (κ3) is 7.58. The van der Waals surface area contributed by atoms with Crippen LogP contribution in [0.3, 0.4) is 0 Å². The number of hydrogen-bond acceptors (Lipinski definition) is 3. The van der Waals surface area contributed by atoms with E-state index in [4.69, 9.17) is 15.3 Å². The van der Waals surface area contributed by atoms with Crippen molar-refractivity contribution in [3.05, 3.63) is 101 Å². The molecule has 3 aromatic rings. The first kappa shape index (κ1) is 23.1. The molecule has 166 valence electrons. The maximum Gasteiger partial charge on any atom is 0.335 e. The minimum Gasteiger partial charge on any atom is -0.494 e. The lowest BCUT2D eigenvalue weighted by Gasteiger charge is -2.10. The molecule has 0 aliphatic rings. The summed E-state index contributed by atoms with van der Waals surface area (Å²) >= 11 is 0. The van der Waals surface area contributed by atoms with Gasteiger partial charge in [0.25, 0.3) is 0 Å². The molecule has 0 fully saturated rings. The molecule has 0 radical (unpaired) electrons. The van der Waals surface area contributed by atoms with Crippen molar-refractivity contribution in [1.82, 2.24) is 5.32 Å². The average Bonchev–Trinajstić information content (AvgIpc) is 2.83. The Labute approximate surface area is 189 Å². The highest BCUT2D eigenvalue weighted by molar-refractivity contribution is 5.98. The summed E-state index contributed by atoms with van der Waals surface area (Å²) in [6, 6.07) is 25.0. The number of amidine groups is 1. The van der Waals surface area contributed by atoms with Gasteiger partial charge < -0.3 is 15.2 Å². The Morgan fingerprint density at radius 1 is 0.812 bits per heavy atom. The van der Waals surface area contributed by atoms with E-state index in [9.17, 15) is 4.79 Å². The Morgan fingerprint density at radius 2 is 1.53 bits per heavy atom. The SMILES string of the molecule is N=C(NCCc1ccc(OCCCCCc2ccccc2)cc1)c1cccc(C(=O)O)c1. The molecule has 0 saturated heterocycles. The summed E-state index contributed by atoms with van der Waals surface area (Å²) in [5, 5.41) is 20.2. The van der Waals surface area contributed by atoms with Crippen LogP contribution in [0.1, 0.15) is 46.3 Å². The summed E-state index contributed by atoms with van der Waals surface area (Å²) < 4.78 is 5.85. The highest BCUT2D eigenvalue weighted by Crippen LogP contribution is 2.14. The molecule has 0 heterocycles. The predicted molar refractivity (Wildman–Crippen MR) is 128 cm³/mol. The van der Waals surface area contributed by atoms with Crippen LogP contribution in [0.5, 0.6) is 5.75 Å². The van der Waals surface area contributed by atoms with Gasteiger partial charge in [-0.15, -0.1) is 0 Å². The van der Waals surface area contributed by atoms with Gasteiger partial charge in [0.1, 0.15) is 11.6 Å². The quantitative estimate of drug-likeness (QED) is 0.206. The molecular weight excluding hydrogens is 400 g/mol. The Balaban J connectivity index is 1.32. The van der Waals surface area contributed by atoms with E-state index in [0.29, 0.717) is 12.1 Å². The fourth-order valence-electron chi connectivity index (χ4n) is 3.44. The standard InChI is InChI=1S/C27H30N2O3/c28-26(23-11-7-12-24(20-23)27(30)31)29-18-17-22-13-15-25(16-14-22)32-19-6-2-5-10-21-8-3-1-4-9-21/h1,3-4,7-9,11-16,20H,2,5-6,10,17-19H2,(H2,28,29)(H,30,31). The van der Waals surface area contributed by atoms with Gasteiger partial charge >= 0.3 is 5.97 Å². The van der Waals surface area contributed by atoms with Gasteiger partial charge in [-0.05, 0) is 67.5 Å². The molecule has 0 aromatic heterocycles. The zero-order valence-electron chi connectivity index (χ0n) is 18.2. The van der Waals surface area contributed by atoms with Crippen molar-refractivity contribution in [1.29, 1.82) is 5.41 Å². The van der Waals surface area contributed by atoms with E-state index < -0.39 is 5.97 Å². The number of unbranched alkanes of at least 4 members (excludes halogenated alkanes) is 2. The molecule has 0 aliphatic carbocycles. The molecule has 3 aromatic carbocycles. The number of aryl methyl sites for hydroxylation is 1. The topological polar surface area (TPSA) is 82.4 Å². The van der Waals surface area contributed by atoms with Crippen LogP contribution in [0.2, 0.25) is 0 Å². The van der Waals surface area contributed by atoms with E-state index in [1.165, 1.54) is 24.1 Å². The lowest BCUT2D eigenvalue weighted by atomic mass is 10.1. The van der Waals surface area contributed by atoms with E-state index in [-0.39, 0.29) is 11.4 Å². The Morgan fingerprint density at radius 3 is 2.28 bits per heavy atom. The minimum absolute atomic E-state index is 0.181. The first-order valence-electron chi connectivity index (χ1n) is 11.0. The highest BCUT2D eigenvalue weighted by Gasteiger charge is 2.06. The molecule has 0 unspecified atom stereocenters. The van der Waals surface area contributed by atoms with Gasteiger partial charge in [0.15, 0.2) is 0 Å². The van der Waals surface area contributed by atoms with Crippen molar-refractivity contribution in [3.8, 4) is 5.75 Å². The minimum atomic E-state index is -0.992. The number of ether oxygens (including phenoxy) is 1. The molecule has 0 bridgehead atoms. The number of nitrogens with one attached hydrogen (secondary N) is 2. The normalized spacial score (nSPS) is 10.5. The molecule has 0 spiro atoms. The van der Waals surface area contributed by atoms with E-state index in [2.05, 4.69) is 29.6 Å². The fourth-order valence-corrected chi connectivity index (χ4v) is 3.44. The number of aromatic carboxylic acids is 1.